The van der Waals surface area contributed by atoms with Gasteiger partial charge in [-0.2, -0.15) is 13.2 Å². The Kier molecular flexibility index (Phi) is 5.38. The van der Waals surface area contributed by atoms with Crippen LogP contribution in [0, 0.1) is 0 Å². The smallest absolute Gasteiger partial charge is 0.325 e. The van der Waals surface area contributed by atoms with E-state index in [0.29, 0.717) is 5.69 Å². The maximum Gasteiger partial charge on any atom is 0.446 e. The number of alkyl halides is 3. The molecule has 142 valence electrons. The van der Waals surface area contributed by atoms with Gasteiger partial charge in [0.05, 0.1) is 11.4 Å². The topological polar surface area (TPSA) is 79.5 Å². The SMILES string of the molecule is NCc1cc(CN2CC(=O)N(c3ccc(SC(F)(F)F)cc3)C2=O)ccn1. The summed E-state index contributed by atoms with van der Waals surface area (Å²) in [4.78, 5) is 31.2. The van der Waals surface area contributed by atoms with Gasteiger partial charge in [-0.1, -0.05) is 0 Å². The maximum atomic E-state index is 12.6. The Morgan fingerprint density at radius 3 is 2.48 bits per heavy atom. The quantitative estimate of drug-likeness (QED) is 0.621. The summed E-state index contributed by atoms with van der Waals surface area (Å²) in [6, 6.07) is 8.06. The molecule has 1 aliphatic heterocycles. The highest BCUT2D eigenvalue weighted by Gasteiger charge is 2.37. The van der Waals surface area contributed by atoms with Gasteiger partial charge < -0.3 is 10.6 Å². The summed E-state index contributed by atoms with van der Waals surface area (Å²) in [5.74, 6) is -0.440. The van der Waals surface area contributed by atoms with E-state index in [1.807, 2.05) is 0 Å². The molecule has 1 aromatic heterocycles. The van der Waals surface area contributed by atoms with Crippen LogP contribution in [-0.2, 0) is 17.9 Å². The lowest BCUT2D eigenvalue weighted by Crippen LogP contribution is -2.32. The molecule has 0 unspecified atom stereocenters. The van der Waals surface area contributed by atoms with Crippen LogP contribution in [0.4, 0.5) is 23.7 Å². The molecule has 1 aromatic carbocycles. The Bertz CT molecular complexity index is 858. The molecule has 3 amide bonds. The van der Waals surface area contributed by atoms with Crippen LogP contribution < -0.4 is 10.6 Å². The molecule has 0 atom stereocenters. The number of rotatable bonds is 5. The molecule has 27 heavy (non-hydrogen) atoms. The largest absolute Gasteiger partial charge is 0.446 e. The summed E-state index contributed by atoms with van der Waals surface area (Å²) >= 11 is -0.256. The van der Waals surface area contributed by atoms with Crippen LogP contribution in [0.1, 0.15) is 11.3 Å². The molecule has 1 saturated heterocycles. The second-order valence-corrected chi connectivity index (χ2v) is 6.91. The monoisotopic (exact) mass is 396 g/mol. The van der Waals surface area contributed by atoms with Crippen LogP contribution in [0.3, 0.4) is 0 Å². The number of thioether (sulfide) groups is 1. The van der Waals surface area contributed by atoms with Gasteiger partial charge in [-0.25, -0.2) is 9.69 Å². The third-order valence-corrected chi connectivity index (χ3v) is 4.57. The number of carbonyl (C=O) groups is 2. The first-order chi connectivity index (χ1) is 12.8. The van der Waals surface area contributed by atoms with E-state index in [9.17, 15) is 22.8 Å². The summed E-state index contributed by atoms with van der Waals surface area (Å²) in [5, 5.41) is 0. The molecule has 2 heterocycles. The van der Waals surface area contributed by atoms with Gasteiger partial charge in [-0.05, 0) is 53.7 Å². The number of nitrogens with zero attached hydrogens (tertiary/aromatic N) is 3. The predicted octanol–water partition coefficient (Wildman–Crippen LogP) is 3.12. The van der Waals surface area contributed by atoms with Crippen molar-refractivity contribution in [3.8, 4) is 0 Å². The zero-order chi connectivity index (χ0) is 19.6. The molecule has 0 saturated carbocycles. The fourth-order valence-corrected chi connectivity index (χ4v) is 3.22. The van der Waals surface area contributed by atoms with Gasteiger partial charge in [0.25, 0.3) is 5.91 Å². The second-order valence-electron chi connectivity index (χ2n) is 5.77. The van der Waals surface area contributed by atoms with Crippen molar-refractivity contribution in [2.24, 2.45) is 5.73 Å². The number of halogens is 3. The molecule has 10 heteroatoms. The minimum absolute atomic E-state index is 0.0201. The summed E-state index contributed by atoms with van der Waals surface area (Å²) in [7, 11) is 0. The molecule has 1 aliphatic rings. The zero-order valence-corrected chi connectivity index (χ0v) is 14.8. The van der Waals surface area contributed by atoms with E-state index >= 15 is 0 Å². The predicted molar refractivity (Wildman–Crippen MR) is 93.8 cm³/mol. The summed E-state index contributed by atoms with van der Waals surface area (Å²) in [6.45, 7) is 0.353. The molecule has 3 rings (SSSR count). The van der Waals surface area contributed by atoms with Crippen molar-refractivity contribution in [1.82, 2.24) is 9.88 Å². The van der Waals surface area contributed by atoms with Gasteiger partial charge in [0.1, 0.15) is 6.54 Å². The number of amides is 3. The normalized spacial score (nSPS) is 15.0. The number of imide groups is 1. The Morgan fingerprint density at radius 1 is 1.15 bits per heavy atom. The Hall–Kier alpha value is -2.59. The molecular formula is C17H15F3N4O2S. The van der Waals surface area contributed by atoms with E-state index in [0.717, 1.165) is 10.5 Å². The highest BCUT2D eigenvalue weighted by Crippen LogP contribution is 2.37. The lowest BCUT2D eigenvalue weighted by Gasteiger charge is -2.17. The van der Waals surface area contributed by atoms with Crippen LogP contribution in [-0.4, -0.2) is 33.9 Å². The number of hydrogen-bond donors (Lipinski definition) is 1. The molecule has 0 bridgehead atoms. The third kappa shape index (κ3) is 4.58. The van der Waals surface area contributed by atoms with Crippen molar-refractivity contribution in [3.05, 3.63) is 53.9 Å². The van der Waals surface area contributed by atoms with Crippen LogP contribution in [0.2, 0.25) is 0 Å². The van der Waals surface area contributed by atoms with Crippen molar-refractivity contribution >= 4 is 29.4 Å². The maximum absolute atomic E-state index is 12.6. The van der Waals surface area contributed by atoms with Crippen molar-refractivity contribution in [2.45, 2.75) is 23.5 Å². The number of nitrogens with two attached hydrogens (primary N) is 1. The first kappa shape index (κ1) is 19.2. The van der Waals surface area contributed by atoms with Gasteiger partial charge in [0, 0.05) is 24.2 Å². The highest BCUT2D eigenvalue weighted by molar-refractivity contribution is 8.00. The molecule has 0 spiro atoms. The number of aromatic nitrogens is 1. The minimum Gasteiger partial charge on any atom is -0.325 e. The van der Waals surface area contributed by atoms with Crippen LogP contribution in [0.25, 0.3) is 0 Å². The number of carbonyl (C=O) groups excluding carboxylic acids is 2. The average Bonchev–Trinajstić information content (AvgIpc) is 2.88. The minimum atomic E-state index is -4.40. The Labute approximate surface area is 157 Å². The molecule has 1 fully saturated rings. The molecule has 0 aliphatic carbocycles. The molecule has 2 aromatic rings. The number of anilines is 1. The lowest BCUT2D eigenvalue weighted by atomic mass is 10.2. The van der Waals surface area contributed by atoms with Crippen molar-refractivity contribution in [1.29, 1.82) is 0 Å². The first-order valence-electron chi connectivity index (χ1n) is 7.88. The Balaban J connectivity index is 1.74. The molecular weight excluding hydrogens is 381 g/mol. The molecule has 0 radical (unpaired) electrons. The number of hydrogen-bond acceptors (Lipinski definition) is 5. The van der Waals surface area contributed by atoms with E-state index in [2.05, 4.69) is 4.98 Å². The summed E-state index contributed by atoms with van der Waals surface area (Å²) in [5.41, 5.74) is 2.83. The number of benzene rings is 1. The standard InChI is InChI=1S/C17H15F3N4O2S/c18-17(19,20)27-14-3-1-13(2-4-14)24-15(25)10-23(16(24)26)9-11-5-6-22-12(7-11)8-21/h1-7H,8-10,21H2. The van der Waals surface area contributed by atoms with Crippen LogP contribution >= 0.6 is 11.8 Å². The Morgan fingerprint density at radius 2 is 1.85 bits per heavy atom. The zero-order valence-electron chi connectivity index (χ0n) is 13.9. The van der Waals surface area contributed by atoms with Crippen LogP contribution in [0.15, 0.2) is 47.5 Å². The van der Waals surface area contributed by atoms with Crippen LogP contribution in [0.5, 0.6) is 0 Å². The number of pyridine rings is 1. The van der Waals surface area contributed by atoms with Gasteiger partial charge >= 0.3 is 11.5 Å². The van der Waals surface area contributed by atoms with E-state index in [4.69, 9.17) is 5.73 Å². The van der Waals surface area contributed by atoms with Crippen molar-refractivity contribution < 1.29 is 22.8 Å². The highest BCUT2D eigenvalue weighted by atomic mass is 32.2. The molecule has 6 nitrogen and oxygen atoms in total. The van der Waals surface area contributed by atoms with Gasteiger partial charge in [0.15, 0.2) is 0 Å². The van der Waals surface area contributed by atoms with Crippen molar-refractivity contribution in [3.63, 3.8) is 0 Å². The first-order valence-corrected chi connectivity index (χ1v) is 8.70. The summed E-state index contributed by atoms with van der Waals surface area (Å²) in [6.07, 6.45) is 1.58. The van der Waals surface area contributed by atoms with E-state index < -0.39 is 17.4 Å². The summed E-state index contributed by atoms with van der Waals surface area (Å²) < 4.78 is 37.2. The second kappa shape index (κ2) is 7.57. The fourth-order valence-electron chi connectivity index (χ4n) is 2.68. The van der Waals surface area contributed by atoms with Crippen molar-refractivity contribution in [2.75, 3.05) is 11.4 Å². The van der Waals surface area contributed by atoms with Gasteiger partial charge in [0.2, 0.25) is 0 Å². The van der Waals surface area contributed by atoms with Gasteiger partial charge in [-0.3, -0.25) is 9.78 Å². The lowest BCUT2D eigenvalue weighted by molar-refractivity contribution is -0.116. The van der Waals surface area contributed by atoms with E-state index in [1.54, 1.807) is 18.3 Å². The van der Waals surface area contributed by atoms with E-state index in [-0.39, 0.29) is 42.0 Å². The number of urea groups is 1. The average molecular weight is 396 g/mol. The fraction of sp³-hybridized carbons (Fsp3) is 0.235. The third-order valence-electron chi connectivity index (χ3n) is 3.83. The molecule has 2 N–H and O–H groups in total. The van der Waals surface area contributed by atoms with Gasteiger partial charge in [-0.15, -0.1) is 0 Å². The van der Waals surface area contributed by atoms with E-state index in [1.165, 1.54) is 29.2 Å².